The summed E-state index contributed by atoms with van der Waals surface area (Å²) in [5, 5.41) is 7.84. The molecular formula is C21H21N5O2. The zero-order chi connectivity index (χ0) is 19.7. The van der Waals surface area contributed by atoms with E-state index in [1.807, 2.05) is 68.4 Å². The quantitative estimate of drug-likeness (QED) is 0.714. The number of fused-ring (bicyclic) bond motifs is 1. The molecule has 2 heterocycles. The molecule has 1 aromatic heterocycles. The average molecular weight is 375 g/mol. The lowest BCUT2D eigenvalue weighted by Gasteiger charge is -2.27. The molecule has 4 rings (SSSR count). The van der Waals surface area contributed by atoms with Gasteiger partial charge in [0.2, 0.25) is 11.9 Å². The van der Waals surface area contributed by atoms with Gasteiger partial charge in [0.15, 0.2) is 5.82 Å². The Morgan fingerprint density at radius 2 is 1.89 bits per heavy atom. The van der Waals surface area contributed by atoms with Gasteiger partial charge in [-0.2, -0.15) is 4.98 Å². The first-order valence-corrected chi connectivity index (χ1v) is 9.10. The smallest absolute Gasteiger partial charge is 0.248 e. The van der Waals surface area contributed by atoms with Crippen molar-refractivity contribution < 1.29 is 9.53 Å². The van der Waals surface area contributed by atoms with Crippen molar-refractivity contribution in [1.82, 2.24) is 14.8 Å². The lowest BCUT2D eigenvalue weighted by Crippen LogP contribution is -2.31. The number of anilines is 1. The Morgan fingerprint density at radius 1 is 1.18 bits per heavy atom. The summed E-state index contributed by atoms with van der Waals surface area (Å²) < 4.78 is 7.21. The molecule has 1 aliphatic rings. The number of ether oxygens (including phenoxy) is 1. The highest BCUT2D eigenvalue weighted by Crippen LogP contribution is 2.36. The van der Waals surface area contributed by atoms with E-state index in [2.05, 4.69) is 15.4 Å². The molecule has 1 unspecified atom stereocenters. The highest BCUT2D eigenvalue weighted by Gasteiger charge is 2.33. The number of carbonyl (C=O) groups excluding carboxylic acids is 1. The minimum absolute atomic E-state index is 0.432. The fourth-order valence-electron chi connectivity index (χ4n) is 3.40. The molecule has 3 N–H and O–H groups in total. The molecule has 142 valence electrons. The summed E-state index contributed by atoms with van der Waals surface area (Å²) >= 11 is 0. The monoisotopic (exact) mass is 375 g/mol. The van der Waals surface area contributed by atoms with Gasteiger partial charge in [-0.1, -0.05) is 30.3 Å². The first-order chi connectivity index (χ1) is 13.6. The molecule has 0 spiro atoms. The van der Waals surface area contributed by atoms with Crippen LogP contribution in [-0.2, 0) is 4.79 Å². The van der Waals surface area contributed by atoms with E-state index in [-0.39, 0.29) is 0 Å². The molecule has 0 saturated heterocycles. The first-order valence-electron chi connectivity index (χ1n) is 9.10. The number of amides is 1. The van der Waals surface area contributed by atoms with Crippen molar-refractivity contribution in [1.29, 1.82) is 0 Å². The number of nitrogens with two attached hydrogens (primary N) is 1. The molecule has 7 nitrogen and oxygen atoms in total. The van der Waals surface area contributed by atoms with Gasteiger partial charge in [-0.3, -0.25) is 4.79 Å². The Kier molecular flexibility index (Phi) is 4.57. The molecule has 2 aromatic carbocycles. The molecule has 1 atom stereocenters. The summed E-state index contributed by atoms with van der Waals surface area (Å²) in [7, 11) is 0. The Balaban J connectivity index is 1.79. The number of carbonyl (C=O) groups is 1. The molecule has 0 saturated carbocycles. The van der Waals surface area contributed by atoms with E-state index in [9.17, 15) is 4.79 Å². The minimum Gasteiger partial charge on any atom is -0.494 e. The van der Waals surface area contributed by atoms with Crippen LogP contribution in [0.1, 0.15) is 25.5 Å². The van der Waals surface area contributed by atoms with E-state index < -0.39 is 11.9 Å². The maximum absolute atomic E-state index is 12.2. The van der Waals surface area contributed by atoms with Crippen LogP contribution >= 0.6 is 0 Å². The van der Waals surface area contributed by atoms with Crippen molar-refractivity contribution in [3.63, 3.8) is 0 Å². The van der Waals surface area contributed by atoms with Gasteiger partial charge < -0.3 is 15.8 Å². The predicted molar refractivity (Wildman–Crippen MR) is 107 cm³/mol. The molecule has 1 amide bonds. The normalized spacial score (nSPS) is 15.7. The summed E-state index contributed by atoms with van der Waals surface area (Å²) in [6, 6.07) is 16.9. The molecule has 7 heteroatoms. The maximum atomic E-state index is 12.2. The first kappa shape index (κ1) is 17.8. The number of hydrogen-bond acceptors (Lipinski definition) is 5. The Bertz CT molecular complexity index is 1040. The van der Waals surface area contributed by atoms with Gasteiger partial charge in [0, 0.05) is 11.3 Å². The summed E-state index contributed by atoms with van der Waals surface area (Å²) in [5.41, 5.74) is 8.62. The number of rotatable bonds is 5. The Morgan fingerprint density at radius 3 is 2.54 bits per heavy atom. The van der Waals surface area contributed by atoms with Crippen molar-refractivity contribution in [3.8, 4) is 17.1 Å². The van der Waals surface area contributed by atoms with Gasteiger partial charge >= 0.3 is 0 Å². The van der Waals surface area contributed by atoms with E-state index in [1.54, 1.807) is 4.68 Å². The fraction of sp³-hybridized carbons (Fsp3) is 0.190. The fourth-order valence-corrected chi connectivity index (χ4v) is 3.40. The van der Waals surface area contributed by atoms with Gasteiger partial charge in [-0.05, 0) is 43.7 Å². The molecule has 0 bridgehead atoms. The third-order valence-electron chi connectivity index (χ3n) is 4.66. The van der Waals surface area contributed by atoms with Crippen LogP contribution in [0.15, 0.2) is 65.9 Å². The summed E-state index contributed by atoms with van der Waals surface area (Å²) in [4.78, 5) is 16.8. The van der Waals surface area contributed by atoms with Crippen molar-refractivity contribution in [3.05, 3.63) is 71.4 Å². The summed E-state index contributed by atoms with van der Waals surface area (Å²) in [6.45, 7) is 4.38. The minimum atomic E-state index is -0.484. The number of primary amides is 1. The van der Waals surface area contributed by atoms with Crippen LogP contribution in [0.3, 0.4) is 0 Å². The highest BCUT2D eigenvalue weighted by molar-refractivity contribution is 5.95. The van der Waals surface area contributed by atoms with E-state index in [0.29, 0.717) is 29.6 Å². The lowest BCUT2D eigenvalue weighted by atomic mass is 9.95. The zero-order valence-electron chi connectivity index (χ0n) is 15.7. The number of aromatic nitrogens is 3. The van der Waals surface area contributed by atoms with E-state index in [4.69, 9.17) is 10.5 Å². The molecule has 3 aromatic rings. The Hall–Kier alpha value is -3.61. The number of nitrogens with zero attached hydrogens (tertiary/aromatic N) is 3. The van der Waals surface area contributed by atoms with Crippen molar-refractivity contribution in [2.45, 2.75) is 19.9 Å². The number of benzene rings is 2. The summed E-state index contributed by atoms with van der Waals surface area (Å²) in [5.74, 6) is 1.44. The molecule has 0 aliphatic carbocycles. The lowest BCUT2D eigenvalue weighted by molar-refractivity contribution is -0.115. The van der Waals surface area contributed by atoms with Crippen LogP contribution in [0.25, 0.3) is 11.4 Å². The topological polar surface area (TPSA) is 95.1 Å². The third kappa shape index (κ3) is 3.11. The Labute approximate surface area is 162 Å². The van der Waals surface area contributed by atoms with E-state index in [0.717, 1.165) is 16.9 Å². The second-order valence-corrected chi connectivity index (χ2v) is 6.50. The van der Waals surface area contributed by atoms with Crippen LogP contribution in [-0.4, -0.2) is 27.3 Å². The van der Waals surface area contributed by atoms with Gasteiger partial charge in [-0.25, -0.2) is 4.68 Å². The van der Waals surface area contributed by atoms with Crippen molar-refractivity contribution >= 4 is 11.9 Å². The third-order valence-corrected chi connectivity index (χ3v) is 4.66. The van der Waals surface area contributed by atoms with Crippen LogP contribution in [0.5, 0.6) is 5.75 Å². The number of allylic oxidation sites excluding steroid dienone is 1. The van der Waals surface area contributed by atoms with Gasteiger partial charge in [-0.15, -0.1) is 5.10 Å². The molecule has 28 heavy (non-hydrogen) atoms. The molecule has 0 fully saturated rings. The van der Waals surface area contributed by atoms with Crippen LogP contribution < -0.4 is 15.8 Å². The van der Waals surface area contributed by atoms with Crippen LogP contribution in [0.4, 0.5) is 5.95 Å². The van der Waals surface area contributed by atoms with Crippen molar-refractivity contribution in [2.24, 2.45) is 5.73 Å². The maximum Gasteiger partial charge on any atom is 0.248 e. The highest BCUT2D eigenvalue weighted by atomic mass is 16.5. The molecular weight excluding hydrogens is 354 g/mol. The largest absolute Gasteiger partial charge is 0.494 e. The number of nitrogens with one attached hydrogen (secondary N) is 1. The number of hydrogen-bond donors (Lipinski definition) is 2. The van der Waals surface area contributed by atoms with Crippen LogP contribution in [0, 0.1) is 0 Å². The van der Waals surface area contributed by atoms with E-state index >= 15 is 0 Å². The van der Waals surface area contributed by atoms with Gasteiger partial charge in [0.25, 0.3) is 0 Å². The predicted octanol–water partition coefficient (Wildman–Crippen LogP) is 3.12. The average Bonchev–Trinajstić information content (AvgIpc) is 3.11. The molecule has 0 radical (unpaired) electrons. The SMILES string of the molecule is CCOc1ccc(-c2nc3n(n2)C(c2ccccc2)C(C(N)=O)=C(C)N3)cc1. The van der Waals surface area contributed by atoms with E-state index in [1.165, 1.54) is 0 Å². The second-order valence-electron chi connectivity index (χ2n) is 6.50. The van der Waals surface area contributed by atoms with Crippen molar-refractivity contribution in [2.75, 3.05) is 11.9 Å². The summed E-state index contributed by atoms with van der Waals surface area (Å²) in [6.07, 6.45) is 0. The van der Waals surface area contributed by atoms with Crippen LogP contribution in [0.2, 0.25) is 0 Å². The van der Waals surface area contributed by atoms with Gasteiger partial charge in [0.1, 0.15) is 11.8 Å². The second kappa shape index (κ2) is 7.19. The molecule has 1 aliphatic heterocycles. The zero-order valence-corrected chi connectivity index (χ0v) is 15.7. The van der Waals surface area contributed by atoms with Gasteiger partial charge in [0.05, 0.1) is 12.2 Å². The standard InChI is InChI=1S/C21H21N5O2/c1-3-28-16-11-9-15(10-12-16)20-24-21-23-13(2)17(19(22)27)18(26(21)25-20)14-7-5-4-6-8-14/h4-12,18H,3H2,1-2H3,(H2,22,27)(H,23,24,25).